The summed E-state index contributed by atoms with van der Waals surface area (Å²) in [7, 11) is 0. The largest absolute Gasteiger partial charge is 0.463 e. The molecule has 6 nitrogen and oxygen atoms in total. The minimum atomic E-state index is -0.824. The first-order valence-electron chi connectivity index (χ1n) is 7.18. The fourth-order valence-corrected chi connectivity index (χ4v) is 2.23. The monoisotopic (exact) mass is 302 g/mol. The molecule has 21 heavy (non-hydrogen) atoms. The van der Waals surface area contributed by atoms with Gasteiger partial charge in [-0.25, -0.2) is 0 Å². The summed E-state index contributed by atoms with van der Waals surface area (Å²) in [5, 5.41) is 0. The van der Waals surface area contributed by atoms with E-state index in [1.165, 1.54) is 6.92 Å². The Morgan fingerprint density at radius 3 is 2.29 bits per heavy atom. The molecular formula is C15H26O6. The van der Waals surface area contributed by atoms with Crippen molar-refractivity contribution in [3.05, 3.63) is 0 Å². The number of ether oxygens (including phenoxy) is 4. The maximum atomic E-state index is 11.9. The maximum Gasteiger partial charge on any atom is 0.308 e. The molecular weight excluding hydrogens is 276 g/mol. The highest BCUT2D eigenvalue weighted by Gasteiger charge is 2.37. The van der Waals surface area contributed by atoms with Crippen LogP contribution in [0.1, 0.15) is 54.4 Å². The van der Waals surface area contributed by atoms with Crippen LogP contribution >= 0.6 is 0 Å². The first kappa shape index (κ1) is 17.9. The van der Waals surface area contributed by atoms with Crippen molar-refractivity contribution in [1.82, 2.24) is 0 Å². The topological polar surface area (TPSA) is 71.1 Å². The van der Waals surface area contributed by atoms with Crippen molar-refractivity contribution >= 4 is 11.9 Å². The Morgan fingerprint density at radius 2 is 1.76 bits per heavy atom. The Morgan fingerprint density at radius 1 is 1.19 bits per heavy atom. The van der Waals surface area contributed by atoms with Crippen molar-refractivity contribution in [2.75, 3.05) is 6.61 Å². The quantitative estimate of drug-likeness (QED) is 0.741. The van der Waals surface area contributed by atoms with E-state index in [0.29, 0.717) is 6.42 Å². The predicted octanol–water partition coefficient (Wildman–Crippen LogP) is 2.19. The van der Waals surface area contributed by atoms with Crippen LogP contribution in [-0.2, 0) is 28.5 Å². The molecule has 1 heterocycles. The molecule has 0 amide bonds. The lowest BCUT2D eigenvalue weighted by Gasteiger charge is -2.40. The van der Waals surface area contributed by atoms with Gasteiger partial charge in [-0.05, 0) is 34.6 Å². The van der Waals surface area contributed by atoms with Crippen LogP contribution in [0.25, 0.3) is 0 Å². The third-order valence-corrected chi connectivity index (χ3v) is 2.71. The lowest BCUT2D eigenvalue weighted by atomic mass is 10.1. The Kier molecular flexibility index (Phi) is 5.75. The van der Waals surface area contributed by atoms with Crippen LogP contribution in [-0.4, -0.2) is 42.1 Å². The van der Waals surface area contributed by atoms with E-state index in [0.717, 1.165) is 0 Å². The van der Waals surface area contributed by atoms with Crippen LogP contribution in [0.15, 0.2) is 0 Å². The SMILES string of the molecule is CC(=O)OC[C@H]1C[C@H](CC(=O)OC(C)(C)C)OC(C)(C)O1. The number of hydrogen-bond donors (Lipinski definition) is 0. The Hall–Kier alpha value is -1.14. The second-order valence-corrected chi connectivity index (χ2v) is 6.71. The molecule has 0 N–H and O–H groups in total. The van der Waals surface area contributed by atoms with Gasteiger partial charge in [0.1, 0.15) is 12.2 Å². The fraction of sp³-hybridized carbons (Fsp3) is 0.867. The molecule has 0 aliphatic carbocycles. The summed E-state index contributed by atoms with van der Waals surface area (Å²) >= 11 is 0. The summed E-state index contributed by atoms with van der Waals surface area (Å²) in [5.74, 6) is -1.49. The van der Waals surface area contributed by atoms with Crippen molar-refractivity contribution in [1.29, 1.82) is 0 Å². The van der Waals surface area contributed by atoms with Gasteiger partial charge in [0.15, 0.2) is 5.79 Å². The number of rotatable bonds is 4. The van der Waals surface area contributed by atoms with E-state index in [1.54, 1.807) is 13.8 Å². The third kappa shape index (κ3) is 7.43. The molecule has 1 saturated heterocycles. The van der Waals surface area contributed by atoms with Gasteiger partial charge in [0, 0.05) is 13.3 Å². The second-order valence-electron chi connectivity index (χ2n) is 6.71. The molecule has 1 fully saturated rings. The molecule has 0 bridgehead atoms. The molecule has 0 radical (unpaired) electrons. The van der Waals surface area contributed by atoms with Gasteiger partial charge in [-0.15, -0.1) is 0 Å². The van der Waals surface area contributed by atoms with E-state index in [1.807, 2.05) is 20.8 Å². The van der Waals surface area contributed by atoms with E-state index in [9.17, 15) is 9.59 Å². The standard InChI is InChI=1S/C15H26O6/c1-10(16)18-9-12-7-11(19-15(5,6)20-12)8-13(17)21-14(2,3)4/h11-12H,7-9H2,1-6H3/t11-,12-/m1/s1. The second kappa shape index (κ2) is 6.75. The van der Waals surface area contributed by atoms with Gasteiger partial charge in [-0.3, -0.25) is 9.59 Å². The van der Waals surface area contributed by atoms with Gasteiger partial charge in [-0.2, -0.15) is 0 Å². The number of carbonyl (C=O) groups is 2. The number of hydrogen-bond acceptors (Lipinski definition) is 6. The lowest BCUT2D eigenvalue weighted by molar-refractivity contribution is -0.304. The molecule has 2 atom stereocenters. The van der Waals surface area contributed by atoms with Crippen molar-refractivity contribution < 1.29 is 28.5 Å². The van der Waals surface area contributed by atoms with Gasteiger partial charge < -0.3 is 18.9 Å². The summed E-state index contributed by atoms with van der Waals surface area (Å²) in [5.41, 5.74) is -0.519. The first-order chi connectivity index (χ1) is 9.47. The molecule has 122 valence electrons. The molecule has 1 aliphatic rings. The van der Waals surface area contributed by atoms with Gasteiger partial charge in [0.05, 0.1) is 18.6 Å². The van der Waals surface area contributed by atoms with E-state index in [4.69, 9.17) is 18.9 Å². The van der Waals surface area contributed by atoms with Crippen LogP contribution in [0.5, 0.6) is 0 Å². The van der Waals surface area contributed by atoms with Crippen LogP contribution < -0.4 is 0 Å². The fourth-order valence-electron chi connectivity index (χ4n) is 2.23. The molecule has 0 aromatic rings. The van der Waals surface area contributed by atoms with Gasteiger partial charge in [0.2, 0.25) is 0 Å². The molecule has 1 rings (SSSR count). The summed E-state index contributed by atoms with van der Waals surface area (Å²) in [6, 6.07) is 0. The first-order valence-corrected chi connectivity index (χ1v) is 7.18. The highest BCUT2D eigenvalue weighted by atomic mass is 16.7. The zero-order valence-electron chi connectivity index (χ0n) is 13.7. The van der Waals surface area contributed by atoms with Gasteiger partial charge >= 0.3 is 11.9 Å². The van der Waals surface area contributed by atoms with E-state index < -0.39 is 11.4 Å². The highest BCUT2D eigenvalue weighted by molar-refractivity contribution is 5.70. The van der Waals surface area contributed by atoms with E-state index >= 15 is 0 Å². The summed E-state index contributed by atoms with van der Waals surface area (Å²) in [6.07, 6.45) is 0.0329. The summed E-state index contributed by atoms with van der Waals surface area (Å²) in [4.78, 5) is 22.8. The molecule has 0 aromatic heterocycles. The summed E-state index contributed by atoms with van der Waals surface area (Å²) < 4.78 is 21.7. The molecule has 0 saturated carbocycles. The van der Waals surface area contributed by atoms with Crippen molar-refractivity contribution in [3.8, 4) is 0 Å². The number of carbonyl (C=O) groups excluding carboxylic acids is 2. The molecule has 0 spiro atoms. The lowest BCUT2D eigenvalue weighted by Crippen LogP contribution is -2.47. The Bertz CT molecular complexity index is 382. The van der Waals surface area contributed by atoms with Gasteiger partial charge in [-0.1, -0.05) is 0 Å². The summed E-state index contributed by atoms with van der Waals surface area (Å²) in [6.45, 7) is 10.5. The zero-order valence-corrected chi connectivity index (χ0v) is 13.7. The van der Waals surface area contributed by atoms with E-state index in [-0.39, 0.29) is 37.2 Å². The van der Waals surface area contributed by atoms with Crippen LogP contribution in [0.4, 0.5) is 0 Å². The average Bonchev–Trinajstić information content (AvgIpc) is 2.20. The Labute approximate surface area is 126 Å². The molecule has 0 unspecified atom stereocenters. The van der Waals surface area contributed by atoms with Crippen molar-refractivity contribution in [2.24, 2.45) is 0 Å². The third-order valence-electron chi connectivity index (χ3n) is 2.71. The van der Waals surface area contributed by atoms with Crippen LogP contribution in [0.3, 0.4) is 0 Å². The highest BCUT2D eigenvalue weighted by Crippen LogP contribution is 2.29. The minimum Gasteiger partial charge on any atom is -0.463 e. The molecule has 0 aromatic carbocycles. The van der Waals surface area contributed by atoms with E-state index in [2.05, 4.69) is 0 Å². The van der Waals surface area contributed by atoms with Crippen LogP contribution in [0.2, 0.25) is 0 Å². The van der Waals surface area contributed by atoms with Crippen molar-refractivity contribution in [3.63, 3.8) is 0 Å². The smallest absolute Gasteiger partial charge is 0.308 e. The zero-order chi connectivity index (χ0) is 16.3. The average molecular weight is 302 g/mol. The Balaban J connectivity index is 2.57. The normalized spacial score (nSPS) is 25.2. The maximum absolute atomic E-state index is 11.9. The number of esters is 2. The van der Waals surface area contributed by atoms with Gasteiger partial charge in [0.25, 0.3) is 0 Å². The molecule has 6 heteroatoms. The van der Waals surface area contributed by atoms with Crippen LogP contribution in [0, 0.1) is 0 Å². The van der Waals surface area contributed by atoms with Crippen molar-refractivity contribution in [2.45, 2.75) is 78.0 Å². The predicted molar refractivity (Wildman–Crippen MR) is 75.5 cm³/mol. The minimum absolute atomic E-state index is 0.153. The molecule has 1 aliphatic heterocycles.